The molecule has 0 radical (unpaired) electrons. The highest BCUT2D eigenvalue weighted by Crippen LogP contribution is 2.36. The van der Waals surface area contributed by atoms with Gasteiger partial charge in [0.05, 0.1) is 13.3 Å². The van der Waals surface area contributed by atoms with Crippen molar-refractivity contribution in [3.05, 3.63) is 95.6 Å². The maximum atomic E-state index is 12.8. The van der Waals surface area contributed by atoms with Crippen molar-refractivity contribution in [2.45, 2.75) is 6.92 Å². The molecule has 7 heteroatoms. The van der Waals surface area contributed by atoms with E-state index in [4.69, 9.17) is 4.74 Å². The molecule has 4 rings (SSSR count). The standard InChI is InChI=1S/C25H22N4O2S/c1-17-8-12-20(13-9-17)23(30)28-24-22(19-6-4-3-5-7-19)27-25(32-24)29-26-16-18-10-14-21(31-2)15-11-18/h3-16H,1-2H3,(H,27,29)(H,28,30)/b26-16+. The summed E-state index contributed by atoms with van der Waals surface area (Å²) in [5, 5.41) is 8.51. The first kappa shape index (κ1) is 21.3. The molecule has 0 atom stereocenters. The molecular weight excluding hydrogens is 420 g/mol. The number of aromatic nitrogens is 1. The second-order valence-electron chi connectivity index (χ2n) is 7.03. The van der Waals surface area contributed by atoms with Crippen molar-refractivity contribution in [2.75, 3.05) is 17.9 Å². The minimum Gasteiger partial charge on any atom is -0.497 e. The summed E-state index contributed by atoms with van der Waals surface area (Å²) in [6.07, 6.45) is 1.70. The van der Waals surface area contributed by atoms with Crippen LogP contribution in [0.4, 0.5) is 10.1 Å². The lowest BCUT2D eigenvalue weighted by Gasteiger charge is -2.05. The lowest BCUT2D eigenvalue weighted by atomic mass is 10.1. The Balaban J connectivity index is 1.55. The van der Waals surface area contributed by atoms with Crippen LogP contribution in [0, 0.1) is 6.92 Å². The van der Waals surface area contributed by atoms with Crippen LogP contribution in [0.1, 0.15) is 21.5 Å². The highest BCUT2D eigenvalue weighted by Gasteiger charge is 2.16. The summed E-state index contributed by atoms with van der Waals surface area (Å²) in [7, 11) is 1.63. The van der Waals surface area contributed by atoms with E-state index >= 15 is 0 Å². The van der Waals surface area contributed by atoms with Gasteiger partial charge < -0.3 is 10.1 Å². The Hall–Kier alpha value is -3.97. The molecule has 0 saturated carbocycles. The SMILES string of the molecule is COc1ccc(/C=N/Nc2nc(-c3ccccc3)c(NC(=O)c3ccc(C)cc3)s2)cc1. The van der Waals surface area contributed by atoms with Gasteiger partial charge in [-0.3, -0.25) is 10.2 Å². The normalized spacial score (nSPS) is 10.8. The molecule has 4 aromatic rings. The van der Waals surface area contributed by atoms with Crippen LogP contribution < -0.4 is 15.5 Å². The van der Waals surface area contributed by atoms with Crippen LogP contribution in [0.15, 0.2) is 84.0 Å². The van der Waals surface area contributed by atoms with Crippen molar-refractivity contribution in [3.8, 4) is 17.0 Å². The number of amides is 1. The number of nitrogens with one attached hydrogen (secondary N) is 2. The number of ether oxygens (including phenoxy) is 1. The van der Waals surface area contributed by atoms with Crippen LogP contribution >= 0.6 is 11.3 Å². The van der Waals surface area contributed by atoms with E-state index < -0.39 is 0 Å². The summed E-state index contributed by atoms with van der Waals surface area (Å²) in [4.78, 5) is 17.4. The molecule has 0 fully saturated rings. The molecule has 160 valence electrons. The number of carbonyl (C=O) groups excluding carboxylic acids is 1. The molecule has 0 aliphatic heterocycles. The summed E-state index contributed by atoms with van der Waals surface area (Å²) in [5.41, 5.74) is 7.19. The van der Waals surface area contributed by atoms with E-state index in [1.807, 2.05) is 85.8 Å². The smallest absolute Gasteiger partial charge is 0.256 e. The van der Waals surface area contributed by atoms with E-state index in [0.717, 1.165) is 22.4 Å². The molecule has 6 nitrogen and oxygen atoms in total. The summed E-state index contributed by atoms with van der Waals surface area (Å²) in [6.45, 7) is 1.99. The average molecular weight is 443 g/mol. The van der Waals surface area contributed by atoms with Gasteiger partial charge in [0.25, 0.3) is 5.91 Å². The molecule has 3 aromatic carbocycles. The van der Waals surface area contributed by atoms with Crippen LogP contribution in [0.25, 0.3) is 11.3 Å². The lowest BCUT2D eigenvalue weighted by Crippen LogP contribution is -2.11. The maximum absolute atomic E-state index is 12.8. The number of hydrazone groups is 1. The Morgan fingerprint density at radius 1 is 1.00 bits per heavy atom. The van der Waals surface area contributed by atoms with E-state index in [-0.39, 0.29) is 5.91 Å². The van der Waals surface area contributed by atoms with Crippen LogP contribution in [-0.2, 0) is 0 Å². The summed E-state index contributed by atoms with van der Waals surface area (Å²) in [5.74, 6) is 0.607. The molecular formula is C25H22N4O2S. The Kier molecular flexibility index (Phi) is 6.57. The number of aryl methyl sites for hydroxylation is 1. The number of thiazole rings is 1. The van der Waals surface area contributed by atoms with E-state index in [9.17, 15) is 4.79 Å². The molecule has 0 spiro atoms. The second-order valence-corrected chi connectivity index (χ2v) is 8.03. The van der Waals surface area contributed by atoms with Gasteiger partial charge in [0, 0.05) is 11.1 Å². The molecule has 0 aliphatic rings. The molecule has 32 heavy (non-hydrogen) atoms. The van der Waals surface area contributed by atoms with E-state index in [1.165, 1.54) is 11.3 Å². The number of anilines is 2. The van der Waals surface area contributed by atoms with Crippen molar-refractivity contribution in [1.29, 1.82) is 0 Å². The minimum absolute atomic E-state index is 0.181. The van der Waals surface area contributed by atoms with Crippen molar-refractivity contribution in [1.82, 2.24) is 4.98 Å². The summed E-state index contributed by atoms with van der Waals surface area (Å²) >= 11 is 1.33. The Morgan fingerprint density at radius 3 is 2.41 bits per heavy atom. The Morgan fingerprint density at radius 2 is 1.72 bits per heavy atom. The molecule has 1 amide bonds. The van der Waals surface area contributed by atoms with E-state index in [1.54, 1.807) is 13.3 Å². The zero-order valence-electron chi connectivity index (χ0n) is 17.7. The molecule has 0 bridgehead atoms. The van der Waals surface area contributed by atoms with Crippen molar-refractivity contribution < 1.29 is 9.53 Å². The van der Waals surface area contributed by atoms with Gasteiger partial charge in [-0.2, -0.15) is 5.10 Å². The van der Waals surface area contributed by atoms with E-state index in [0.29, 0.717) is 21.4 Å². The highest BCUT2D eigenvalue weighted by molar-refractivity contribution is 7.20. The van der Waals surface area contributed by atoms with Crippen LogP contribution in [0.2, 0.25) is 0 Å². The fourth-order valence-electron chi connectivity index (χ4n) is 2.98. The van der Waals surface area contributed by atoms with Crippen LogP contribution in [-0.4, -0.2) is 24.2 Å². The average Bonchev–Trinajstić information content (AvgIpc) is 3.23. The number of methoxy groups -OCH3 is 1. The second kappa shape index (κ2) is 9.89. The third kappa shape index (κ3) is 5.19. The number of hydrogen-bond donors (Lipinski definition) is 2. The van der Waals surface area contributed by atoms with Gasteiger partial charge in [-0.1, -0.05) is 59.4 Å². The number of hydrogen-bond acceptors (Lipinski definition) is 6. The van der Waals surface area contributed by atoms with Crippen LogP contribution in [0.5, 0.6) is 5.75 Å². The number of nitrogens with zero attached hydrogens (tertiary/aromatic N) is 2. The third-order valence-electron chi connectivity index (χ3n) is 4.70. The third-order valence-corrected chi connectivity index (χ3v) is 5.58. The number of carbonyl (C=O) groups is 1. The van der Waals surface area contributed by atoms with Crippen LogP contribution in [0.3, 0.4) is 0 Å². The maximum Gasteiger partial charge on any atom is 0.256 e. The van der Waals surface area contributed by atoms with Crippen molar-refractivity contribution in [3.63, 3.8) is 0 Å². The predicted molar refractivity (Wildman–Crippen MR) is 131 cm³/mol. The van der Waals surface area contributed by atoms with Crippen molar-refractivity contribution in [2.24, 2.45) is 5.10 Å². The first-order valence-electron chi connectivity index (χ1n) is 10.00. The first-order chi connectivity index (χ1) is 15.6. The minimum atomic E-state index is -0.181. The van der Waals surface area contributed by atoms with Gasteiger partial charge in [-0.25, -0.2) is 4.98 Å². The number of benzene rings is 3. The van der Waals surface area contributed by atoms with Gasteiger partial charge in [0.15, 0.2) is 0 Å². The summed E-state index contributed by atoms with van der Waals surface area (Å²) in [6, 6.07) is 24.8. The predicted octanol–water partition coefficient (Wildman–Crippen LogP) is 5.83. The highest BCUT2D eigenvalue weighted by atomic mass is 32.1. The molecule has 1 aromatic heterocycles. The molecule has 2 N–H and O–H groups in total. The molecule has 0 saturated heterocycles. The monoisotopic (exact) mass is 442 g/mol. The van der Waals surface area contributed by atoms with Gasteiger partial charge in [-0.05, 0) is 48.9 Å². The zero-order chi connectivity index (χ0) is 22.3. The fraction of sp³-hybridized carbons (Fsp3) is 0.0800. The van der Waals surface area contributed by atoms with Gasteiger partial charge in [0.2, 0.25) is 5.13 Å². The van der Waals surface area contributed by atoms with Gasteiger partial charge in [0.1, 0.15) is 16.4 Å². The first-order valence-corrected chi connectivity index (χ1v) is 10.8. The number of rotatable bonds is 7. The zero-order valence-corrected chi connectivity index (χ0v) is 18.5. The fourth-order valence-corrected chi connectivity index (χ4v) is 3.81. The van der Waals surface area contributed by atoms with E-state index in [2.05, 4.69) is 20.8 Å². The molecule has 0 aliphatic carbocycles. The largest absolute Gasteiger partial charge is 0.497 e. The van der Waals surface area contributed by atoms with Crippen molar-refractivity contribution >= 4 is 33.6 Å². The summed E-state index contributed by atoms with van der Waals surface area (Å²) < 4.78 is 5.17. The molecule has 0 unspecified atom stereocenters. The Labute approximate surface area is 190 Å². The van der Waals surface area contributed by atoms with Gasteiger partial charge >= 0.3 is 0 Å². The Bertz CT molecular complexity index is 1220. The quantitative estimate of drug-likeness (QED) is 0.279. The molecule has 1 heterocycles. The van der Waals surface area contributed by atoms with Gasteiger partial charge in [-0.15, -0.1) is 0 Å². The lowest BCUT2D eigenvalue weighted by molar-refractivity contribution is 0.102. The topological polar surface area (TPSA) is 75.6 Å².